The molecule has 0 aliphatic carbocycles. The minimum Gasteiger partial charge on any atom is -0.354 e. The van der Waals surface area contributed by atoms with Crippen molar-refractivity contribution >= 4 is 34.7 Å². The van der Waals surface area contributed by atoms with Crippen molar-refractivity contribution < 1.29 is 9.18 Å². The Labute approximate surface area is 198 Å². The van der Waals surface area contributed by atoms with E-state index in [0.717, 1.165) is 49.0 Å². The van der Waals surface area contributed by atoms with Gasteiger partial charge < -0.3 is 10.2 Å². The van der Waals surface area contributed by atoms with Gasteiger partial charge in [-0.25, -0.2) is 14.4 Å². The second kappa shape index (κ2) is 10.4. The Kier molecular flexibility index (Phi) is 7.35. The SMILES string of the molecule is Cc1nc(CC2=NC=C(C(=O)Nc3c(C)cccc3Cl)C2)cc(N2CCN(CC[18F])CC2)n1. The molecule has 174 valence electrons. The number of nitrogens with one attached hydrogen (secondary N) is 1. The molecule has 0 unspecified atom stereocenters. The number of para-hydroxylation sites is 1. The Morgan fingerprint density at radius 3 is 2.70 bits per heavy atom. The van der Waals surface area contributed by atoms with Gasteiger partial charge in [-0.05, 0) is 25.5 Å². The molecule has 0 radical (unpaired) electrons. The van der Waals surface area contributed by atoms with Gasteiger partial charge in [0, 0.05) is 69.1 Å². The second-order valence-electron chi connectivity index (χ2n) is 8.37. The van der Waals surface area contributed by atoms with Gasteiger partial charge in [-0.3, -0.25) is 14.7 Å². The number of aromatic nitrogens is 2. The van der Waals surface area contributed by atoms with Gasteiger partial charge in [0.1, 0.15) is 18.3 Å². The number of hydrogen-bond acceptors (Lipinski definition) is 6. The van der Waals surface area contributed by atoms with Crippen LogP contribution < -0.4 is 10.2 Å². The summed E-state index contributed by atoms with van der Waals surface area (Å²) in [7, 11) is 0. The van der Waals surface area contributed by atoms with Crippen molar-refractivity contribution in [2.75, 3.05) is 49.6 Å². The average molecular weight is 470 g/mol. The van der Waals surface area contributed by atoms with Crippen LogP contribution in [0.2, 0.25) is 5.02 Å². The lowest BCUT2D eigenvalue weighted by molar-refractivity contribution is -0.112. The number of hydrogen-bond donors (Lipinski definition) is 1. The number of amides is 1. The minimum atomic E-state index is -0.315. The fourth-order valence-electron chi connectivity index (χ4n) is 4.11. The first-order valence-corrected chi connectivity index (χ1v) is 11.5. The zero-order valence-corrected chi connectivity index (χ0v) is 19.7. The van der Waals surface area contributed by atoms with Crippen molar-refractivity contribution in [2.24, 2.45) is 4.99 Å². The Morgan fingerprint density at radius 1 is 1.18 bits per heavy atom. The normalized spacial score (nSPS) is 16.5. The van der Waals surface area contributed by atoms with Crippen molar-refractivity contribution in [2.45, 2.75) is 26.7 Å². The summed E-state index contributed by atoms with van der Waals surface area (Å²) in [4.78, 5) is 30.7. The van der Waals surface area contributed by atoms with Gasteiger partial charge in [0.15, 0.2) is 0 Å². The van der Waals surface area contributed by atoms with Crippen molar-refractivity contribution in [1.29, 1.82) is 0 Å². The summed E-state index contributed by atoms with van der Waals surface area (Å²) in [6, 6.07) is 7.50. The number of nitrogens with zero attached hydrogens (tertiary/aromatic N) is 5. The summed E-state index contributed by atoms with van der Waals surface area (Å²) in [5.41, 5.74) is 3.89. The van der Waals surface area contributed by atoms with Crippen molar-refractivity contribution in [3.63, 3.8) is 0 Å². The molecule has 2 aromatic rings. The third-order valence-electron chi connectivity index (χ3n) is 5.91. The highest BCUT2D eigenvalue weighted by atomic mass is 35.5. The topological polar surface area (TPSA) is 73.7 Å². The fourth-order valence-corrected chi connectivity index (χ4v) is 4.37. The first-order valence-electron chi connectivity index (χ1n) is 11.1. The highest BCUT2D eigenvalue weighted by molar-refractivity contribution is 6.34. The molecule has 33 heavy (non-hydrogen) atoms. The van der Waals surface area contributed by atoms with Crippen LogP contribution in [0.25, 0.3) is 0 Å². The molecule has 0 bridgehead atoms. The van der Waals surface area contributed by atoms with Crippen LogP contribution in [-0.4, -0.2) is 65.9 Å². The Hall–Kier alpha value is -2.84. The summed E-state index contributed by atoms with van der Waals surface area (Å²) < 4.78 is 12.6. The predicted octanol–water partition coefficient (Wildman–Crippen LogP) is 3.75. The molecule has 1 saturated heterocycles. The van der Waals surface area contributed by atoms with E-state index in [9.17, 15) is 9.18 Å². The molecule has 3 heterocycles. The molecule has 0 spiro atoms. The fraction of sp³-hybridized carbons (Fsp3) is 0.417. The van der Waals surface area contributed by atoms with Crippen LogP contribution in [0.5, 0.6) is 0 Å². The van der Waals surface area contributed by atoms with Crippen molar-refractivity contribution in [3.8, 4) is 0 Å². The monoisotopic (exact) mass is 469 g/mol. The van der Waals surface area contributed by atoms with Gasteiger partial charge >= 0.3 is 0 Å². The molecule has 1 N–H and O–H groups in total. The van der Waals surface area contributed by atoms with Crippen LogP contribution in [0.3, 0.4) is 0 Å². The molecule has 2 aliphatic heterocycles. The van der Waals surface area contributed by atoms with E-state index in [1.54, 1.807) is 12.3 Å². The van der Waals surface area contributed by atoms with Crippen LogP contribution >= 0.6 is 11.6 Å². The van der Waals surface area contributed by atoms with E-state index in [1.165, 1.54) is 0 Å². The minimum absolute atomic E-state index is 0.198. The van der Waals surface area contributed by atoms with E-state index in [4.69, 9.17) is 11.6 Å². The van der Waals surface area contributed by atoms with Gasteiger partial charge in [-0.1, -0.05) is 23.7 Å². The molecule has 1 fully saturated rings. The van der Waals surface area contributed by atoms with E-state index in [0.29, 0.717) is 41.5 Å². The smallest absolute Gasteiger partial charge is 0.253 e. The maximum atomic E-state index is 12.7. The van der Waals surface area contributed by atoms with E-state index < -0.39 is 0 Å². The maximum absolute atomic E-state index is 12.7. The van der Waals surface area contributed by atoms with Crippen molar-refractivity contribution in [1.82, 2.24) is 14.9 Å². The Balaban J connectivity index is 1.36. The number of carbonyl (C=O) groups is 1. The zero-order chi connectivity index (χ0) is 23.4. The molecule has 9 heteroatoms. The maximum Gasteiger partial charge on any atom is 0.253 e. The lowest BCUT2D eigenvalue weighted by Gasteiger charge is -2.35. The molecule has 1 amide bonds. The predicted molar refractivity (Wildman–Crippen MR) is 130 cm³/mol. The van der Waals surface area contributed by atoms with Gasteiger partial charge in [0.25, 0.3) is 5.91 Å². The quantitative estimate of drug-likeness (QED) is 0.668. The zero-order valence-electron chi connectivity index (χ0n) is 18.9. The molecule has 0 atom stereocenters. The van der Waals surface area contributed by atoms with Crippen LogP contribution in [0.1, 0.15) is 23.5 Å². The molecule has 7 nitrogen and oxygen atoms in total. The third-order valence-corrected chi connectivity index (χ3v) is 6.22. The summed E-state index contributed by atoms with van der Waals surface area (Å²) >= 11 is 6.23. The number of rotatable bonds is 7. The summed E-state index contributed by atoms with van der Waals surface area (Å²) in [5, 5.41) is 3.42. The summed E-state index contributed by atoms with van der Waals surface area (Å²) in [6.07, 6.45) is 2.64. The third kappa shape index (κ3) is 5.75. The molecule has 1 aromatic carbocycles. The van der Waals surface area contributed by atoms with E-state index >= 15 is 0 Å². The van der Waals surface area contributed by atoms with E-state index in [-0.39, 0.29) is 12.6 Å². The molecular formula is C24H28ClFN6O. The Bertz CT molecular complexity index is 1070. The lowest BCUT2D eigenvalue weighted by atomic mass is 10.1. The van der Waals surface area contributed by atoms with Gasteiger partial charge in [0.2, 0.25) is 0 Å². The number of halogens is 2. The van der Waals surface area contributed by atoms with E-state index in [2.05, 4.69) is 30.1 Å². The standard InChI is InChI=1S/C24H28ClFN6O/c1-16-4-3-5-21(25)23(16)30-24(33)18-12-19(27-15-18)13-20-14-22(29-17(2)28-20)32-10-8-31(7-6-26)9-11-32/h3-5,14-15H,6-13H2,1-2H3,(H,30,33)/i26-1. The van der Waals surface area contributed by atoms with Gasteiger partial charge in [-0.15, -0.1) is 0 Å². The largest absolute Gasteiger partial charge is 0.354 e. The summed E-state index contributed by atoms with van der Waals surface area (Å²) in [5.74, 6) is 1.39. The van der Waals surface area contributed by atoms with Crippen LogP contribution in [0, 0.1) is 13.8 Å². The average Bonchev–Trinajstić information content (AvgIpc) is 3.25. The molecule has 0 saturated carbocycles. The van der Waals surface area contributed by atoms with Crippen LogP contribution in [0.4, 0.5) is 15.9 Å². The van der Waals surface area contributed by atoms with Gasteiger partial charge in [0.05, 0.1) is 16.4 Å². The highest BCUT2D eigenvalue weighted by Gasteiger charge is 2.22. The molecule has 4 rings (SSSR count). The lowest BCUT2D eigenvalue weighted by Crippen LogP contribution is -2.47. The molecule has 2 aliphatic rings. The number of carbonyl (C=O) groups excluding carboxylic acids is 1. The number of aliphatic imine (C=N–C) groups is 1. The number of anilines is 2. The Morgan fingerprint density at radius 2 is 1.97 bits per heavy atom. The summed E-state index contributed by atoms with van der Waals surface area (Å²) in [6.45, 7) is 7.22. The second-order valence-corrected chi connectivity index (χ2v) is 8.78. The van der Waals surface area contributed by atoms with Gasteiger partial charge in [-0.2, -0.15) is 0 Å². The number of alkyl halides is 1. The van der Waals surface area contributed by atoms with Crippen molar-refractivity contribution in [3.05, 3.63) is 58.1 Å². The number of aryl methyl sites for hydroxylation is 2. The highest BCUT2D eigenvalue weighted by Crippen LogP contribution is 2.27. The van der Waals surface area contributed by atoms with Crippen LogP contribution in [-0.2, 0) is 11.2 Å². The number of piperazine rings is 1. The first kappa shape index (κ1) is 23.3. The first-order chi connectivity index (χ1) is 15.9. The molecule has 1 aromatic heterocycles. The van der Waals surface area contributed by atoms with E-state index in [1.807, 2.05) is 32.0 Å². The molecular weight excluding hydrogens is 442 g/mol. The van der Waals surface area contributed by atoms with Crippen LogP contribution in [0.15, 0.2) is 41.0 Å². The number of benzene rings is 1.